The van der Waals surface area contributed by atoms with Gasteiger partial charge >= 0.3 is 10.4 Å². The molecule has 1 aromatic heterocycles. The highest BCUT2D eigenvalue weighted by atomic mass is 32.3. The fourth-order valence-corrected chi connectivity index (χ4v) is 15.3. The van der Waals surface area contributed by atoms with Gasteiger partial charge in [0.1, 0.15) is 40.2 Å². The van der Waals surface area contributed by atoms with Gasteiger partial charge in [0.05, 0.1) is 74.1 Å². The normalized spacial score (nSPS) is 29.2. The molecule has 16 N–H and O–H groups in total. The summed E-state index contributed by atoms with van der Waals surface area (Å²) >= 11 is 1.55. The summed E-state index contributed by atoms with van der Waals surface area (Å²) in [5.74, 6) is -9.02. The number of fused-ring (bicyclic) bond motifs is 2. The summed E-state index contributed by atoms with van der Waals surface area (Å²) in [7, 11) is -5.22. The number of aliphatic hydroxyl groups is 8. The summed E-state index contributed by atoms with van der Waals surface area (Å²) < 4.78 is 43.6. The van der Waals surface area contributed by atoms with E-state index in [1.54, 1.807) is 11.3 Å². The predicted molar refractivity (Wildman–Crippen MR) is 350 cm³/mol. The first-order valence-electron chi connectivity index (χ1n) is 33.7. The van der Waals surface area contributed by atoms with Gasteiger partial charge in [0.15, 0.2) is 11.5 Å². The van der Waals surface area contributed by atoms with Crippen molar-refractivity contribution in [1.82, 2.24) is 51.9 Å². The van der Waals surface area contributed by atoms with Crippen LogP contribution < -0.4 is 41.0 Å². The van der Waals surface area contributed by atoms with Gasteiger partial charge in [0, 0.05) is 68.7 Å². The maximum absolute atomic E-state index is 15.0. The molecule has 3 aromatic rings. The molecule has 4 aliphatic heterocycles. The topological polar surface area (TPSA) is 465 Å². The largest absolute Gasteiger partial charge is 0.504 e. The zero-order chi connectivity index (χ0) is 69.8. The number of rotatable bonds is 21. The molecule has 31 nitrogen and oxygen atoms in total. The first kappa shape index (κ1) is 74.9. The van der Waals surface area contributed by atoms with E-state index in [1.165, 1.54) is 33.1 Å². The lowest BCUT2D eigenvalue weighted by Crippen LogP contribution is -2.64. The van der Waals surface area contributed by atoms with Gasteiger partial charge in [-0.15, -0.1) is 10.2 Å². The second-order valence-corrected chi connectivity index (χ2v) is 28.9. The van der Waals surface area contributed by atoms with Crippen LogP contribution in [0.2, 0.25) is 0 Å². The Morgan fingerprint density at radius 1 is 0.732 bits per heavy atom. The summed E-state index contributed by atoms with van der Waals surface area (Å²) in [6, 6.07) is -0.353. The van der Waals surface area contributed by atoms with Crippen molar-refractivity contribution < 1.29 is 96.6 Å². The number of aliphatic hydroxyl groups excluding tert-OH is 8. The van der Waals surface area contributed by atoms with Crippen LogP contribution in [0.5, 0.6) is 11.5 Å². The van der Waals surface area contributed by atoms with Gasteiger partial charge in [-0.25, -0.2) is 0 Å². The van der Waals surface area contributed by atoms with E-state index in [0.29, 0.717) is 25.0 Å². The molecule has 6 aliphatic rings. The quantitative estimate of drug-likeness (QED) is 0.0505. The molecule has 538 valence electrons. The van der Waals surface area contributed by atoms with Crippen molar-refractivity contribution in [2.24, 2.45) is 11.8 Å². The number of aromatic nitrogens is 2. The van der Waals surface area contributed by atoms with E-state index in [9.17, 15) is 87.7 Å². The van der Waals surface area contributed by atoms with Gasteiger partial charge in [-0.3, -0.25) is 33.3 Å². The van der Waals surface area contributed by atoms with Crippen LogP contribution in [-0.2, 0) is 50.3 Å². The first-order valence-corrected chi connectivity index (χ1v) is 35.9. The second-order valence-electron chi connectivity index (χ2n) is 26.8. The highest BCUT2D eigenvalue weighted by Crippen LogP contribution is 2.39. The predicted octanol–water partition coefficient (Wildman–Crippen LogP) is -2.17. The Balaban J connectivity index is 0.925. The number of hydrogen-bond acceptors (Lipinski definition) is 25. The molecule has 6 amide bonds. The Morgan fingerprint density at radius 3 is 2.06 bits per heavy atom. The van der Waals surface area contributed by atoms with Gasteiger partial charge in [0.2, 0.25) is 35.4 Å². The van der Waals surface area contributed by atoms with E-state index >= 15 is 0 Å². The SMILES string of the molecule is C[C@@H](O)[C@@H]1NC(=O)[C@@H](NC[C@H]2CC[C@H](c3nnc(-c4ccc(N5CCC(OC6CCCCC6)CC5)cc4)s3)CC2)C[C@@H](O)CNC(=O)[C@@H]2[C@@H](O)[C@@H](C)CN2C(=O)[C@H]([C@H](O)CCNC(CO)CO)NC(=O)[C@H]([C@H](O)Cc2ccc(O)c(OS(=O)(=O)O)c2)NC(=O)[C@@H]2C[C@@H](O)CN2C1=O. The van der Waals surface area contributed by atoms with Crippen molar-refractivity contribution in [1.29, 1.82) is 0 Å². The maximum Gasteiger partial charge on any atom is 0.446 e. The summed E-state index contributed by atoms with van der Waals surface area (Å²) in [5.41, 5.74) is 2.04. The molecule has 0 bridgehead atoms. The Kier molecular flexibility index (Phi) is 26.4. The molecule has 9 rings (SSSR count). The first-order chi connectivity index (χ1) is 46.3. The molecule has 2 saturated carbocycles. The number of nitrogens with one attached hydrogen (secondary N) is 6. The number of phenols is 1. The molecule has 4 saturated heterocycles. The zero-order valence-corrected chi connectivity index (χ0v) is 56.1. The number of anilines is 1. The van der Waals surface area contributed by atoms with Crippen LogP contribution >= 0.6 is 11.3 Å². The van der Waals surface area contributed by atoms with Crippen LogP contribution in [-0.4, -0.2) is 265 Å². The summed E-state index contributed by atoms with van der Waals surface area (Å²) in [4.78, 5) is 92.4. The minimum Gasteiger partial charge on any atom is -0.504 e. The van der Waals surface area contributed by atoms with E-state index in [0.717, 1.165) is 101 Å². The molecule has 97 heavy (non-hydrogen) atoms. The Bertz CT molecular complexity index is 3260. The van der Waals surface area contributed by atoms with Crippen LogP contribution in [0.4, 0.5) is 5.69 Å². The van der Waals surface area contributed by atoms with Gasteiger partial charge < -0.3 is 101 Å². The summed E-state index contributed by atoms with van der Waals surface area (Å²) in [5, 5.41) is 126. The van der Waals surface area contributed by atoms with E-state index in [1.807, 2.05) is 0 Å². The number of hydrogen-bond donors (Lipinski definition) is 16. The number of piperidine rings is 1. The average Bonchev–Trinajstić information content (AvgIpc) is 1.69. The smallest absolute Gasteiger partial charge is 0.446 e. The number of amides is 6. The minimum atomic E-state index is -5.22. The third-order valence-corrected chi connectivity index (χ3v) is 21.1. The number of aromatic hydroxyl groups is 1. The molecule has 2 aromatic carbocycles. The standard InChI is InChI=1S/C64H95N11O20S2/c1-34-30-75-55(56(34)84)60(88)67-29-42(79)26-46(66-28-36-8-11-38(12-9-36)61-71-72-62(96-61)39-13-15-41(16-14-39)73-22-19-45(20-23-73)94-44-6-4-3-5-7-44)57(85)68-52(35(2)78)63(89)74-31-43(80)27-47(74)58(86)69-53(50(83)24-37-10-17-48(81)51(25-37)95-97(91,92)93)59(87)70-54(64(75)90)49(82)18-21-65-40(32-76)33-77/h10,13-17,25,34-36,38,40,42-47,49-50,52-56,65-66,76-84H,3-9,11-12,18-24,26-33H2,1-2H3,(H,67,88)(H,68,85)(H,69,86)(H,70,87)(H,91,92,93)/t34-,35+,36-,38-,42+,43+,46-,47-,49+,50+,52-,53-,54-,55-,56-/m0/s1. The fraction of sp³-hybridized carbons (Fsp3) is 0.688. The Hall–Kier alpha value is -6.31. The van der Waals surface area contributed by atoms with Crippen molar-refractivity contribution in [2.45, 2.75) is 207 Å². The van der Waals surface area contributed by atoms with Crippen LogP contribution in [0.15, 0.2) is 42.5 Å². The molecule has 0 spiro atoms. The molecular weight excluding hydrogens is 1310 g/mol. The van der Waals surface area contributed by atoms with Crippen molar-refractivity contribution in [3.05, 3.63) is 53.0 Å². The van der Waals surface area contributed by atoms with Gasteiger partial charge in [-0.1, -0.05) is 43.6 Å². The number of carbonyl (C=O) groups is 6. The Labute approximate surface area is 567 Å². The molecular formula is C64H95N11O20S2. The number of carbonyl (C=O) groups excluding carboxylic acids is 6. The van der Waals surface area contributed by atoms with Crippen LogP contribution in [0.25, 0.3) is 10.6 Å². The van der Waals surface area contributed by atoms with E-state index < -0.39 is 194 Å². The van der Waals surface area contributed by atoms with Crippen LogP contribution in [0, 0.1) is 11.8 Å². The molecule has 33 heteroatoms. The van der Waals surface area contributed by atoms with Gasteiger partial charge in [-0.05, 0) is 132 Å². The summed E-state index contributed by atoms with van der Waals surface area (Å²) in [6.45, 7) is 2.08. The number of β-amino-alcohol motifs (C(OH)–C–C–N with tert-alkyl or cyclic N) is 1. The lowest BCUT2D eigenvalue weighted by molar-refractivity contribution is -0.147. The van der Waals surface area contributed by atoms with Gasteiger partial charge in [-0.2, -0.15) is 8.42 Å². The molecule has 6 fully saturated rings. The van der Waals surface area contributed by atoms with Crippen LogP contribution in [0.3, 0.4) is 0 Å². The molecule has 2 aliphatic carbocycles. The monoisotopic (exact) mass is 1400 g/mol. The van der Waals surface area contributed by atoms with E-state index in [4.69, 9.17) is 4.74 Å². The van der Waals surface area contributed by atoms with E-state index in [2.05, 4.69) is 75.4 Å². The second kappa shape index (κ2) is 34.2. The van der Waals surface area contributed by atoms with Gasteiger partial charge in [0.25, 0.3) is 0 Å². The highest BCUT2D eigenvalue weighted by molar-refractivity contribution is 7.81. The number of nitrogens with zero attached hydrogens (tertiary/aromatic N) is 5. The lowest BCUT2D eigenvalue weighted by Gasteiger charge is -2.36. The van der Waals surface area contributed by atoms with Crippen molar-refractivity contribution in [2.75, 3.05) is 63.9 Å². The van der Waals surface area contributed by atoms with Crippen molar-refractivity contribution in [3.63, 3.8) is 0 Å². The summed E-state index contributed by atoms with van der Waals surface area (Å²) in [6.07, 6.45) is -0.492. The Morgan fingerprint density at radius 2 is 1.39 bits per heavy atom. The average molecular weight is 1400 g/mol. The molecule has 13 atom stereocenters. The highest BCUT2D eigenvalue weighted by Gasteiger charge is 2.50. The molecule has 5 heterocycles. The fourth-order valence-electron chi connectivity index (χ4n) is 14.0. The molecule has 0 unspecified atom stereocenters. The number of ether oxygens (including phenoxy) is 1. The third-order valence-electron chi connectivity index (χ3n) is 19.6. The van der Waals surface area contributed by atoms with Crippen molar-refractivity contribution in [3.8, 4) is 22.1 Å². The maximum atomic E-state index is 15.0. The van der Waals surface area contributed by atoms with Crippen LogP contribution in [0.1, 0.15) is 120 Å². The van der Waals surface area contributed by atoms with E-state index in [-0.39, 0.29) is 37.0 Å². The molecule has 0 radical (unpaired) electrons. The lowest BCUT2D eigenvalue weighted by atomic mass is 9.82. The number of benzene rings is 2. The minimum absolute atomic E-state index is 0.00163. The van der Waals surface area contributed by atoms with Crippen molar-refractivity contribution >= 4 is 62.9 Å². The third kappa shape index (κ3) is 19.8. The zero-order valence-electron chi connectivity index (χ0n) is 54.5. The number of phenolic OH excluding ortho intramolecular Hbond substituents is 1.